The molecule has 4 rings (SSSR count). The number of aryl methyl sites for hydroxylation is 1. The van der Waals surface area contributed by atoms with Crippen molar-refractivity contribution in [3.05, 3.63) is 47.8 Å². The average molecular weight is 367 g/mol. The van der Waals surface area contributed by atoms with Gasteiger partial charge in [0.15, 0.2) is 11.5 Å². The molecule has 1 aromatic carbocycles. The van der Waals surface area contributed by atoms with E-state index in [1.807, 2.05) is 49.1 Å². The molecule has 1 unspecified atom stereocenters. The van der Waals surface area contributed by atoms with Crippen molar-refractivity contribution in [3.8, 4) is 5.69 Å². The van der Waals surface area contributed by atoms with Crippen molar-refractivity contribution < 1.29 is 8.91 Å². The number of para-hydroxylation sites is 1. The van der Waals surface area contributed by atoms with Crippen LogP contribution in [-0.4, -0.2) is 44.9 Å². The van der Waals surface area contributed by atoms with Crippen LogP contribution in [0.3, 0.4) is 0 Å². The van der Waals surface area contributed by atoms with Gasteiger partial charge in [-0.2, -0.15) is 10.2 Å². The van der Waals surface area contributed by atoms with E-state index in [0.29, 0.717) is 17.2 Å². The molecule has 9 heteroatoms. The predicted octanol–water partition coefficient (Wildman–Crippen LogP) is 1.98. The molecule has 0 saturated heterocycles. The standard InChI is InChI=1S/C18H20N8O/c1-10-17-21-11(2)24-26(17)14-7-5-6-13(16(14)25(10)4)22-12-8-9-20-23-15(12)18(27)19-3/h5-10H,1-4H3,(H,19,27)(H,20,22)/i3D3. The highest BCUT2D eigenvalue weighted by atomic mass is 16.1. The molecular weight excluding hydrogens is 344 g/mol. The molecule has 138 valence electrons. The van der Waals surface area contributed by atoms with Gasteiger partial charge in [0.25, 0.3) is 5.91 Å². The lowest BCUT2D eigenvalue weighted by atomic mass is 10.1. The van der Waals surface area contributed by atoms with Crippen molar-refractivity contribution in [1.82, 2.24) is 30.3 Å². The van der Waals surface area contributed by atoms with Crippen LogP contribution in [0, 0.1) is 6.92 Å². The van der Waals surface area contributed by atoms with Gasteiger partial charge in [0.05, 0.1) is 35.0 Å². The number of fused-ring (bicyclic) bond motifs is 3. The van der Waals surface area contributed by atoms with E-state index in [4.69, 9.17) is 4.11 Å². The monoisotopic (exact) mass is 367 g/mol. The third kappa shape index (κ3) is 2.67. The Morgan fingerprint density at radius 2 is 2.15 bits per heavy atom. The Balaban J connectivity index is 1.77. The quantitative estimate of drug-likeness (QED) is 0.730. The summed E-state index contributed by atoms with van der Waals surface area (Å²) in [6.07, 6.45) is 1.43. The van der Waals surface area contributed by atoms with Gasteiger partial charge in [-0.15, -0.1) is 5.10 Å². The topological polar surface area (TPSA) is 101 Å². The summed E-state index contributed by atoms with van der Waals surface area (Å²) >= 11 is 0. The van der Waals surface area contributed by atoms with Crippen molar-refractivity contribution in [3.63, 3.8) is 0 Å². The average Bonchev–Trinajstić information content (AvgIpc) is 3.07. The van der Waals surface area contributed by atoms with E-state index in [0.717, 1.165) is 17.2 Å². The number of rotatable bonds is 3. The van der Waals surface area contributed by atoms with E-state index in [1.54, 1.807) is 6.07 Å². The second kappa shape index (κ2) is 6.35. The highest BCUT2D eigenvalue weighted by Crippen LogP contribution is 2.42. The number of nitrogens with zero attached hydrogens (tertiary/aromatic N) is 6. The number of carbonyl (C=O) groups is 1. The first-order chi connectivity index (χ1) is 14.2. The van der Waals surface area contributed by atoms with Gasteiger partial charge >= 0.3 is 0 Å². The molecule has 1 atom stereocenters. The molecule has 0 bridgehead atoms. The van der Waals surface area contributed by atoms with Crippen molar-refractivity contribution in [2.75, 3.05) is 24.2 Å². The number of benzene rings is 1. The predicted molar refractivity (Wildman–Crippen MR) is 102 cm³/mol. The zero-order valence-electron chi connectivity index (χ0n) is 18.1. The van der Waals surface area contributed by atoms with Crippen LogP contribution >= 0.6 is 0 Å². The van der Waals surface area contributed by atoms with E-state index >= 15 is 0 Å². The summed E-state index contributed by atoms with van der Waals surface area (Å²) in [4.78, 5) is 19.0. The molecule has 3 heterocycles. The molecule has 9 nitrogen and oxygen atoms in total. The summed E-state index contributed by atoms with van der Waals surface area (Å²) in [5, 5.41) is 17.2. The normalized spacial score (nSPS) is 17.2. The minimum atomic E-state index is -2.63. The van der Waals surface area contributed by atoms with Gasteiger partial charge in [0.2, 0.25) is 0 Å². The van der Waals surface area contributed by atoms with Gasteiger partial charge in [0.1, 0.15) is 5.82 Å². The Kier molecular flexibility index (Phi) is 3.22. The van der Waals surface area contributed by atoms with Crippen LogP contribution in [0.5, 0.6) is 0 Å². The van der Waals surface area contributed by atoms with Gasteiger partial charge in [-0.25, -0.2) is 9.67 Å². The number of amides is 1. The molecule has 0 aliphatic carbocycles. The Hall–Kier alpha value is -3.49. The number of carbonyl (C=O) groups excluding carboxylic acids is 1. The maximum absolute atomic E-state index is 12.4. The molecular formula is C18H20N8O. The molecule has 1 amide bonds. The molecule has 0 saturated carbocycles. The van der Waals surface area contributed by atoms with Crippen LogP contribution in [0.15, 0.2) is 30.5 Å². The Morgan fingerprint density at radius 3 is 2.96 bits per heavy atom. The second-order valence-corrected chi connectivity index (χ2v) is 6.26. The third-order valence-corrected chi connectivity index (χ3v) is 4.61. The molecule has 2 N–H and O–H groups in total. The maximum Gasteiger partial charge on any atom is 0.273 e. The van der Waals surface area contributed by atoms with E-state index in [9.17, 15) is 4.79 Å². The smallest absolute Gasteiger partial charge is 0.273 e. The van der Waals surface area contributed by atoms with Crippen molar-refractivity contribution in [2.45, 2.75) is 19.9 Å². The van der Waals surface area contributed by atoms with Crippen molar-refractivity contribution in [2.24, 2.45) is 0 Å². The zero-order valence-corrected chi connectivity index (χ0v) is 15.1. The molecule has 0 radical (unpaired) electrons. The number of hydrogen-bond donors (Lipinski definition) is 2. The molecule has 0 fully saturated rings. The summed E-state index contributed by atoms with van der Waals surface area (Å²) in [6.45, 7) is 1.25. The third-order valence-electron chi connectivity index (χ3n) is 4.61. The zero-order chi connectivity index (χ0) is 21.6. The lowest BCUT2D eigenvalue weighted by Crippen LogP contribution is -2.31. The Morgan fingerprint density at radius 1 is 1.30 bits per heavy atom. The minimum Gasteiger partial charge on any atom is -0.361 e. The molecule has 1 aliphatic rings. The summed E-state index contributed by atoms with van der Waals surface area (Å²) < 4.78 is 23.6. The lowest BCUT2D eigenvalue weighted by molar-refractivity contribution is 0.0958. The van der Waals surface area contributed by atoms with Crippen molar-refractivity contribution in [1.29, 1.82) is 0 Å². The highest BCUT2D eigenvalue weighted by molar-refractivity contribution is 5.98. The van der Waals surface area contributed by atoms with Crippen LogP contribution in [0.4, 0.5) is 17.1 Å². The first-order valence-corrected chi connectivity index (χ1v) is 8.37. The van der Waals surface area contributed by atoms with Crippen LogP contribution in [0.1, 0.15) is 39.2 Å². The SMILES string of the molecule is [2H]C([2H])([2H])NC(=O)c1nnccc1Nc1cccc2c1N(C)C(C)c1nc(C)nn1-2. The van der Waals surface area contributed by atoms with Gasteiger partial charge < -0.3 is 15.5 Å². The Labute approximate surface area is 160 Å². The molecule has 0 spiro atoms. The fourth-order valence-electron chi connectivity index (χ4n) is 3.22. The lowest BCUT2D eigenvalue weighted by Gasteiger charge is -2.34. The fraction of sp³-hybridized carbons (Fsp3) is 0.278. The second-order valence-electron chi connectivity index (χ2n) is 6.26. The van der Waals surface area contributed by atoms with Crippen LogP contribution < -0.4 is 15.5 Å². The molecule has 2 aromatic heterocycles. The highest BCUT2D eigenvalue weighted by Gasteiger charge is 2.30. The number of hydrogen-bond acceptors (Lipinski definition) is 7. The number of aromatic nitrogens is 5. The van der Waals surface area contributed by atoms with Crippen molar-refractivity contribution >= 4 is 23.0 Å². The van der Waals surface area contributed by atoms with Crippen LogP contribution in [-0.2, 0) is 0 Å². The largest absolute Gasteiger partial charge is 0.361 e. The molecule has 27 heavy (non-hydrogen) atoms. The first-order valence-electron chi connectivity index (χ1n) is 9.87. The molecule has 3 aromatic rings. The Bertz CT molecular complexity index is 1130. The van der Waals surface area contributed by atoms with Gasteiger partial charge in [0, 0.05) is 18.1 Å². The van der Waals surface area contributed by atoms with Gasteiger partial charge in [-0.1, -0.05) is 6.07 Å². The van der Waals surface area contributed by atoms with E-state index in [1.165, 1.54) is 6.20 Å². The van der Waals surface area contributed by atoms with E-state index < -0.39 is 12.9 Å². The number of nitrogens with one attached hydrogen (secondary N) is 2. The maximum atomic E-state index is 12.4. The summed E-state index contributed by atoms with van der Waals surface area (Å²) in [6, 6.07) is 7.20. The van der Waals surface area contributed by atoms with E-state index in [2.05, 4.69) is 30.5 Å². The summed E-state index contributed by atoms with van der Waals surface area (Å²) in [5.41, 5.74) is 2.63. The van der Waals surface area contributed by atoms with Gasteiger partial charge in [-0.3, -0.25) is 4.79 Å². The molecule has 1 aliphatic heterocycles. The van der Waals surface area contributed by atoms with Crippen LogP contribution in [0.25, 0.3) is 5.69 Å². The minimum absolute atomic E-state index is 0.0319. The summed E-state index contributed by atoms with van der Waals surface area (Å²) in [7, 11) is 1.95. The summed E-state index contributed by atoms with van der Waals surface area (Å²) in [5.74, 6) is 0.674. The van der Waals surface area contributed by atoms with Crippen LogP contribution in [0.2, 0.25) is 0 Å². The van der Waals surface area contributed by atoms with E-state index in [-0.39, 0.29) is 11.7 Å². The fourth-order valence-corrected chi connectivity index (χ4v) is 3.22. The first kappa shape index (κ1) is 13.7. The van der Waals surface area contributed by atoms with Gasteiger partial charge in [-0.05, 0) is 32.0 Å². The number of anilines is 3.